The van der Waals surface area contributed by atoms with Crippen molar-refractivity contribution in [3.8, 4) is 0 Å². The molecule has 1 heterocycles. The number of nitrogens with one attached hydrogen (secondary N) is 2. The van der Waals surface area contributed by atoms with Gasteiger partial charge in [-0.05, 0) is 42.3 Å². The second-order valence-electron chi connectivity index (χ2n) is 4.81. The SMILES string of the molecule is CSc1ccc(C(C)NCc2sccc2NC(C)=O)cc1. The van der Waals surface area contributed by atoms with Crippen LogP contribution in [0.1, 0.15) is 30.3 Å². The first kappa shape index (κ1) is 16.1. The topological polar surface area (TPSA) is 41.1 Å². The summed E-state index contributed by atoms with van der Waals surface area (Å²) in [5.74, 6) is -0.0321. The molecule has 0 saturated heterocycles. The third kappa shape index (κ3) is 4.59. The van der Waals surface area contributed by atoms with Gasteiger partial charge in [-0.3, -0.25) is 4.79 Å². The molecule has 2 aromatic rings. The van der Waals surface area contributed by atoms with Gasteiger partial charge in [-0.25, -0.2) is 0 Å². The maximum Gasteiger partial charge on any atom is 0.221 e. The first-order chi connectivity index (χ1) is 10.1. The zero-order valence-electron chi connectivity index (χ0n) is 12.5. The fraction of sp³-hybridized carbons (Fsp3) is 0.312. The molecule has 2 rings (SSSR count). The quantitative estimate of drug-likeness (QED) is 0.781. The van der Waals surface area contributed by atoms with Crippen molar-refractivity contribution in [3.63, 3.8) is 0 Å². The molecule has 1 aromatic heterocycles. The van der Waals surface area contributed by atoms with E-state index >= 15 is 0 Å². The van der Waals surface area contributed by atoms with Crippen LogP contribution >= 0.6 is 23.1 Å². The minimum Gasteiger partial charge on any atom is -0.325 e. The molecule has 0 saturated carbocycles. The van der Waals surface area contributed by atoms with Crippen LogP contribution in [0.2, 0.25) is 0 Å². The summed E-state index contributed by atoms with van der Waals surface area (Å²) in [5, 5.41) is 8.37. The van der Waals surface area contributed by atoms with E-state index in [1.165, 1.54) is 17.4 Å². The number of rotatable bonds is 6. The second-order valence-corrected chi connectivity index (χ2v) is 6.69. The summed E-state index contributed by atoms with van der Waals surface area (Å²) in [6.07, 6.45) is 2.08. The van der Waals surface area contributed by atoms with Crippen molar-refractivity contribution < 1.29 is 4.79 Å². The Morgan fingerprint density at radius 1 is 1.29 bits per heavy atom. The number of thiophene rings is 1. The first-order valence-electron chi connectivity index (χ1n) is 6.81. The van der Waals surface area contributed by atoms with Crippen molar-refractivity contribution in [2.75, 3.05) is 11.6 Å². The molecule has 21 heavy (non-hydrogen) atoms. The summed E-state index contributed by atoms with van der Waals surface area (Å²) in [4.78, 5) is 13.6. The first-order valence-corrected chi connectivity index (χ1v) is 8.92. The Morgan fingerprint density at radius 3 is 2.62 bits per heavy atom. The molecule has 1 atom stereocenters. The van der Waals surface area contributed by atoms with Crippen LogP contribution in [0, 0.1) is 0 Å². The Morgan fingerprint density at radius 2 is 2.00 bits per heavy atom. The van der Waals surface area contributed by atoms with E-state index in [0.717, 1.165) is 17.1 Å². The predicted octanol–water partition coefficient (Wildman–Crippen LogP) is 4.28. The van der Waals surface area contributed by atoms with Crippen molar-refractivity contribution >= 4 is 34.7 Å². The van der Waals surface area contributed by atoms with Crippen LogP contribution in [0.25, 0.3) is 0 Å². The predicted molar refractivity (Wildman–Crippen MR) is 92.1 cm³/mol. The number of hydrogen-bond acceptors (Lipinski definition) is 4. The molecule has 0 fully saturated rings. The van der Waals surface area contributed by atoms with Crippen molar-refractivity contribution in [1.82, 2.24) is 5.32 Å². The number of carbonyl (C=O) groups is 1. The van der Waals surface area contributed by atoms with Crippen LogP contribution < -0.4 is 10.6 Å². The Hall–Kier alpha value is -1.30. The summed E-state index contributed by atoms with van der Waals surface area (Å²) < 4.78 is 0. The standard InChI is InChI=1S/C16H20N2OS2/c1-11(13-4-6-14(20-3)7-5-13)17-10-16-15(8-9-21-16)18-12(2)19/h4-9,11,17H,10H2,1-3H3,(H,18,19). The zero-order valence-corrected chi connectivity index (χ0v) is 14.1. The number of thioether (sulfide) groups is 1. The molecule has 0 radical (unpaired) electrons. The van der Waals surface area contributed by atoms with Crippen LogP contribution in [0.5, 0.6) is 0 Å². The Kier molecular flexibility index (Phi) is 5.85. The van der Waals surface area contributed by atoms with Gasteiger partial charge in [0.2, 0.25) is 5.91 Å². The number of hydrogen-bond donors (Lipinski definition) is 2. The minimum absolute atomic E-state index is 0.0321. The third-order valence-corrected chi connectivity index (χ3v) is 4.91. The highest BCUT2D eigenvalue weighted by Gasteiger charge is 2.09. The molecule has 2 N–H and O–H groups in total. The smallest absolute Gasteiger partial charge is 0.221 e. The van der Waals surface area contributed by atoms with Gasteiger partial charge in [0, 0.05) is 29.3 Å². The Bertz CT molecular complexity index is 593. The molecule has 0 aliphatic rings. The van der Waals surface area contributed by atoms with Crippen LogP contribution in [0.3, 0.4) is 0 Å². The fourth-order valence-corrected chi connectivity index (χ4v) is 3.22. The van der Waals surface area contributed by atoms with Crippen molar-refractivity contribution in [2.45, 2.75) is 31.3 Å². The van der Waals surface area contributed by atoms with E-state index in [1.807, 2.05) is 11.4 Å². The Balaban J connectivity index is 1.95. The van der Waals surface area contributed by atoms with Gasteiger partial charge in [0.15, 0.2) is 0 Å². The molecule has 0 aliphatic carbocycles. The molecule has 3 nitrogen and oxygen atoms in total. The van der Waals surface area contributed by atoms with Gasteiger partial charge < -0.3 is 10.6 Å². The highest BCUT2D eigenvalue weighted by Crippen LogP contribution is 2.24. The summed E-state index contributed by atoms with van der Waals surface area (Å²) in [6, 6.07) is 10.8. The fourth-order valence-electron chi connectivity index (χ4n) is 2.03. The van der Waals surface area contributed by atoms with Crippen molar-refractivity contribution in [2.24, 2.45) is 0 Å². The van der Waals surface area contributed by atoms with Crippen molar-refractivity contribution in [1.29, 1.82) is 0 Å². The monoisotopic (exact) mass is 320 g/mol. The number of anilines is 1. The van der Waals surface area contributed by atoms with E-state index < -0.39 is 0 Å². The molecular formula is C16H20N2OS2. The largest absolute Gasteiger partial charge is 0.325 e. The summed E-state index contributed by atoms with van der Waals surface area (Å²) >= 11 is 3.40. The highest BCUT2D eigenvalue weighted by atomic mass is 32.2. The molecule has 0 spiro atoms. The van der Waals surface area contributed by atoms with Crippen LogP contribution in [-0.4, -0.2) is 12.2 Å². The minimum atomic E-state index is -0.0321. The maximum atomic E-state index is 11.2. The lowest BCUT2D eigenvalue weighted by atomic mass is 10.1. The number of amides is 1. The molecule has 5 heteroatoms. The zero-order chi connectivity index (χ0) is 15.2. The molecular weight excluding hydrogens is 300 g/mol. The molecule has 1 amide bonds. The second kappa shape index (κ2) is 7.64. The lowest BCUT2D eigenvalue weighted by Gasteiger charge is -2.15. The lowest BCUT2D eigenvalue weighted by molar-refractivity contribution is -0.114. The van der Waals surface area contributed by atoms with Gasteiger partial charge in [0.05, 0.1) is 5.69 Å². The average Bonchev–Trinajstić information content (AvgIpc) is 2.91. The van der Waals surface area contributed by atoms with E-state index in [-0.39, 0.29) is 11.9 Å². The number of carbonyl (C=O) groups excluding carboxylic acids is 1. The van der Waals surface area contributed by atoms with E-state index in [9.17, 15) is 4.79 Å². The summed E-state index contributed by atoms with van der Waals surface area (Å²) in [6.45, 7) is 4.43. The van der Waals surface area contributed by atoms with Crippen LogP contribution in [0.15, 0.2) is 40.6 Å². The van der Waals surface area contributed by atoms with Gasteiger partial charge in [0.25, 0.3) is 0 Å². The number of benzene rings is 1. The highest BCUT2D eigenvalue weighted by molar-refractivity contribution is 7.98. The van der Waals surface area contributed by atoms with Crippen LogP contribution in [0.4, 0.5) is 5.69 Å². The van der Waals surface area contributed by atoms with Gasteiger partial charge in [0.1, 0.15) is 0 Å². The summed E-state index contributed by atoms with van der Waals surface area (Å²) in [7, 11) is 0. The Labute approximate surface area is 134 Å². The van der Waals surface area contributed by atoms with E-state index in [0.29, 0.717) is 0 Å². The van der Waals surface area contributed by atoms with E-state index in [4.69, 9.17) is 0 Å². The van der Waals surface area contributed by atoms with Gasteiger partial charge in [-0.15, -0.1) is 23.1 Å². The normalized spacial score (nSPS) is 12.1. The maximum absolute atomic E-state index is 11.2. The van der Waals surface area contributed by atoms with E-state index in [1.54, 1.807) is 23.1 Å². The lowest BCUT2D eigenvalue weighted by Crippen LogP contribution is -2.18. The van der Waals surface area contributed by atoms with E-state index in [2.05, 4.69) is 48.1 Å². The molecule has 0 bridgehead atoms. The van der Waals surface area contributed by atoms with Gasteiger partial charge in [-0.2, -0.15) is 0 Å². The molecule has 1 aromatic carbocycles. The van der Waals surface area contributed by atoms with Crippen molar-refractivity contribution in [3.05, 3.63) is 46.2 Å². The molecule has 0 aliphatic heterocycles. The third-order valence-electron chi connectivity index (χ3n) is 3.24. The van der Waals surface area contributed by atoms with Crippen LogP contribution in [-0.2, 0) is 11.3 Å². The summed E-state index contributed by atoms with van der Waals surface area (Å²) in [5.41, 5.74) is 2.18. The van der Waals surface area contributed by atoms with Gasteiger partial charge >= 0.3 is 0 Å². The molecule has 1 unspecified atom stereocenters. The average molecular weight is 320 g/mol. The van der Waals surface area contributed by atoms with Gasteiger partial charge in [-0.1, -0.05) is 12.1 Å². The molecule has 112 valence electrons.